The average Bonchev–Trinajstić information content (AvgIpc) is 2.69. The van der Waals surface area contributed by atoms with E-state index in [0.29, 0.717) is 27.2 Å². The van der Waals surface area contributed by atoms with E-state index in [1.54, 1.807) is 30.6 Å². The first kappa shape index (κ1) is 19.2. The highest BCUT2D eigenvalue weighted by Crippen LogP contribution is 2.47. The Hall–Kier alpha value is -3.62. The largest absolute Gasteiger partial charge is 0.454 e. The minimum atomic E-state index is 0.117. The molecule has 138 valence electrons. The van der Waals surface area contributed by atoms with Crippen molar-refractivity contribution in [2.24, 2.45) is 0 Å². The van der Waals surface area contributed by atoms with Gasteiger partial charge in [-0.3, -0.25) is 0 Å². The van der Waals surface area contributed by atoms with Gasteiger partial charge in [0.25, 0.3) is 0 Å². The summed E-state index contributed by atoms with van der Waals surface area (Å²) in [5, 5.41) is 18.8. The third kappa shape index (κ3) is 3.22. The van der Waals surface area contributed by atoms with Gasteiger partial charge in [-0.25, -0.2) is 9.97 Å². The normalized spacial score (nSPS) is 10.2. The van der Waals surface area contributed by atoms with Crippen LogP contribution in [0.4, 0.5) is 11.4 Å². The van der Waals surface area contributed by atoms with E-state index in [4.69, 9.17) is 21.5 Å². The summed E-state index contributed by atoms with van der Waals surface area (Å²) >= 11 is 3.42. The topological polar surface area (TPSA) is 135 Å². The summed E-state index contributed by atoms with van der Waals surface area (Å²) in [6, 6.07) is 9.28. The van der Waals surface area contributed by atoms with Gasteiger partial charge in [-0.2, -0.15) is 10.5 Å². The predicted molar refractivity (Wildman–Crippen MR) is 109 cm³/mol. The van der Waals surface area contributed by atoms with Gasteiger partial charge in [0.1, 0.15) is 17.4 Å². The molecule has 1 heterocycles. The molecule has 2 aromatic carbocycles. The smallest absolute Gasteiger partial charge is 0.163 e. The molecule has 3 aromatic rings. The van der Waals surface area contributed by atoms with Crippen LogP contribution < -0.4 is 16.2 Å². The molecular weight excluding hydrogens is 420 g/mol. The molecular formula is C20H15BrN6O. The van der Waals surface area contributed by atoms with E-state index in [-0.39, 0.29) is 22.7 Å². The first-order valence-corrected chi connectivity index (χ1v) is 8.95. The zero-order valence-electron chi connectivity index (χ0n) is 15.1. The molecule has 0 aliphatic carbocycles. The SMILES string of the molecule is Cc1cc(C#N)cc(C)c1Oc1c(Br)c(N)c(-c2ncccn2)c(N)c1C#N. The van der Waals surface area contributed by atoms with Crippen molar-refractivity contribution in [3.63, 3.8) is 0 Å². The van der Waals surface area contributed by atoms with E-state index in [2.05, 4.69) is 38.0 Å². The van der Waals surface area contributed by atoms with Crippen molar-refractivity contribution in [2.45, 2.75) is 13.8 Å². The molecule has 3 rings (SSSR count). The Bertz CT molecular complexity index is 1140. The molecule has 0 unspecified atom stereocenters. The molecule has 0 aliphatic heterocycles. The standard InChI is InChI=1S/C20H15BrN6O/c1-10-6-12(8-22)7-11(2)18(10)28-19-13(9-23)16(24)14(17(25)15(19)21)20-26-4-3-5-27-20/h3-7H,24-25H2,1-2H3. The van der Waals surface area contributed by atoms with Gasteiger partial charge in [-0.05, 0) is 59.1 Å². The number of nitrogens with two attached hydrogens (primary N) is 2. The van der Waals surface area contributed by atoms with E-state index < -0.39 is 0 Å². The third-order valence-corrected chi connectivity index (χ3v) is 4.95. The van der Waals surface area contributed by atoms with Crippen LogP contribution in [0.15, 0.2) is 35.1 Å². The summed E-state index contributed by atoms with van der Waals surface area (Å²) in [7, 11) is 0. The number of aromatic nitrogens is 2. The Morgan fingerprint density at radius 1 is 0.964 bits per heavy atom. The molecule has 8 heteroatoms. The van der Waals surface area contributed by atoms with E-state index in [9.17, 15) is 5.26 Å². The minimum absolute atomic E-state index is 0.117. The van der Waals surface area contributed by atoms with E-state index in [1.807, 2.05) is 13.8 Å². The second-order valence-electron chi connectivity index (χ2n) is 6.06. The predicted octanol–water partition coefficient (Wildman–Crippen LogP) is 4.22. The summed E-state index contributed by atoms with van der Waals surface area (Å²) in [5.41, 5.74) is 15.4. The van der Waals surface area contributed by atoms with Crippen molar-refractivity contribution < 1.29 is 4.74 Å². The summed E-state index contributed by atoms with van der Waals surface area (Å²) in [5.74, 6) is 1.04. The zero-order valence-corrected chi connectivity index (χ0v) is 16.7. The van der Waals surface area contributed by atoms with Gasteiger partial charge >= 0.3 is 0 Å². The number of aryl methyl sites for hydroxylation is 2. The fourth-order valence-electron chi connectivity index (χ4n) is 2.89. The van der Waals surface area contributed by atoms with Crippen LogP contribution in [-0.2, 0) is 0 Å². The highest BCUT2D eigenvalue weighted by Gasteiger charge is 2.24. The van der Waals surface area contributed by atoms with Crippen LogP contribution in [-0.4, -0.2) is 9.97 Å². The van der Waals surface area contributed by atoms with Gasteiger partial charge in [-0.1, -0.05) is 0 Å². The molecule has 0 bridgehead atoms. The molecule has 0 saturated carbocycles. The van der Waals surface area contributed by atoms with Crippen LogP contribution >= 0.6 is 15.9 Å². The molecule has 0 radical (unpaired) electrons. The lowest BCUT2D eigenvalue weighted by molar-refractivity contribution is 0.471. The number of nitrogen functional groups attached to an aromatic ring is 2. The van der Waals surface area contributed by atoms with Crippen molar-refractivity contribution in [2.75, 3.05) is 11.5 Å². The molecule has 1 aromatic heterocycles. The number of anilines is 2. The first-order valence-electron chi connectivity index (χ1n) is 8.16. The van der Waals surface area contributed by atoms with Crippen molar-refractivity contribution >= 4 is 27.3 Å². The summed E-state index contributed by atoms with van der Waals surface area (Å²) in [4.78, 5) is 8.35. The molecule has 0 aliphatic rings. The summed E-state index contributed by atoms with van der Waals surface area (Å²) < 4.78 is 6.44. The van der Waals surface area contributed by atoms with Gasteiger partial charge in [0.2, 0.25) is 0 Å². The number of halogens is 1. The van der Waals surface area contributed by atoms with Crippen LogP contribution in [0.3, 0.4) is 0 Å². The molecule has 0 atom stereocenters. The first-order chi connectivity index (χ1) is 13.4. The van der Waals surface area contributed by atoms with Gasteiger partial charge in [0.15, 0.2) is 11.6 Å². The number of nitriles is 2. The van der Waals surface area contributed by atoms with Crippen molar-refractivity contribution in [1.82, 2.24) is 9.97 Å². The fourth-order valence-corrected chi connectivity index (χ4v) is 3.37. The van der Waals surface area contributed by atoms with Gasteiger partial charge in [0.05, 0.1) is 33.0 Å². The number of ether oxygens (including phenoxy) is 1. The molecule has 0 fully saturated rings. The maximum absolute atomic E-state index is 9.73. The van der Waals surface area contributed by atoms with Crippen LogP contribution in [0.25, 0.3) is 11.4 Å². The lowest BCUT2D eigenvalue weighted by Crippen LogP contribution is -2.06. The Morgan fingerprint density at radius 3 is 2.11 bits per heavy atom. The van der Waals surface area contributed by atoms with Crippen molar-refractivity contribution in [3.8, 4) is 35.0 Å². The van der Waals surface area contributed by atoms with Crippen LogP contribution in [0.5, 0.6) is 11.5 Å². The van der Waals surface area contributed by atoms with Crippen LogP contribution in [0, 0.1) is 36.5 Å². The Kier molecular flexibility index (Phi) is 5.16. The summed E-state index contributed by atoms with van der Waals surface area (Å²) in [6.45, 7) is 3.64. The zero-order chi connectivity index (χ0) is 20.4. The van der Waals surface area contributed by atoms with Crippen LogP contribution in [0.1, 0.15) is 22.3 Å². The van der Waals surface area contributed by atoms with Crippen LogP contribution in [0.2, 0.25) is 0 Å². The Labute approximate surface area is 170 Å². The lowest BCUT2D eigenvalue weighted by atomic mass is 10.0. The van der Waals surface area contributed by atoms with Crippen molar-refractivity contribution in [1.29, 1.82) is 10.5 Å². The Balaban J connectivity index is 2.22. The monoisotopic (exact) mass is 434 g/mol. The number of nitrogens with zero attached hydrogens (tertiary/aromatic N) is 4. The number of rotatable bonds is 3. The number of benzene rings is 2. The highest BCUT2D eigenvalue weighted by atomic mass is 79.9. The molecule has 0 spiro atoms. The quantitative estimate of drug-likeness (QED) is 0.588. The second-order valence-corrected chi connectivity index (χ2v) is 6.85. The number of hydrogen-bond acceptors (Lipinski definition) is 7. The Morgan fingerprint density at radius 2 is 1.57 bits per heavy atom. The minimum Gasteiger partial charge on any atom is -0.454 e. The van der Waals surface area contributed by atoms with E-state index in [0.717, 1.165) is 11.1 Å². The average molecular weight is 435 g/mol. The maximum atomic E-state index is 9.73. The molecule has 0 amide bonds. The van der Waals surface area contributed by atoms with E-state index >= 15 is 0 Å². The van der Waals surface area contributed by atoms with Crippen molar-refractivity contribution in [3.05, 3.63) is 57.3 Å². The highest BCUT2D eigenvalue weighted by molar-refractivity contribution is 9.10. The van der Waals surface area contributed by atoms with Gasteiger partial charge in [-0.15, -0.1) is 0 Å². The maximum Gasteiger partial charge on any atom is 0.163 e. The fraction of sp³-hybridized carbons (Fsp3) is 0.100. The molecule has 7 nitrogen and oxygen atoms in total. The second kappa shape index (κ2) is 7.55. The lowest BCUT2D eigenvalue weighted by Gasteiger charge is -2.19. The van der Waals surface area contributed by atoms with Gasteiger partial charge < -0.3 is 16.2 Å². The summed E-state index contributed by atoms with van der Waals surface area (Å²) in [6.07, 6.45) is 3.13. The van der Waals surface area contributed by atoms with Gasteiger partial charge in [0, 0.05) is 12.4 Å². The third-order valence-electron chi connectivity index (χ3n) is 4.17. The van der Waals surface area contributed by atoms with E-state index in [1.165, 1.54) is 0 Å². The molecule has 4 N–H and O–H groups in total. The number of hydrogen-bond donors (Lipinski definition) is 2. The molecule has 28 heavy (non-hydrogen) atoms. The molecule has 0 saturated heterocycles.